The molecule has 1 aliphatic heterocycles. The van der Waals surface area contributed by atoms with Crippen molar-refractivity contribution >= 4 is 93.2 Å². The van der Waals surface area contributed by atoms with Gasteiger partial charge in [-0.05, 0) is 70.5 Å². The fourth-order valence-electron chi connectivity index (χ4n) is 10.1. The molecule has 0 radical (unpaired) electrons. The molecule has 4 aromatic heterocycles. The van der Waals surface area contributed by atoms with Crippen LogP contribution in [0.25, 0.3) is 104 Å². The molecule has 0 atom stereocenters. The predicted molar refractivity (Wildman–Crippen MR) is 247 cm³/mol. The number of ether oxygens (including phenoxy) is 1. The van der Waals surface area contributed by atoms with Crippen LogP contribution < -0.4 is 0 Å². The smallest absolute Gasteiger partial charge is 0.390 e. The van der Waals surface area contributed by atoms with Gasteiger partial charge in [0.1, 0.15) is 22.3 Å². The summed E-state index contributed by atoms with van der Waals surface area (Å²) in [5, 5.41) is 17.0. The number of fused-ring (bicyclic) bond motifs is 13. The van der Waals surface area contributed by atoms with Crippen LogP contribution in [0.1, 0.15) is 69.4 Å². The van der Waals surface area contributed by atoms with Crippen molar-refractivity contribution in [2.75, 3.05) is 0 Å². The van der Waals surface area contributed by atoms with Gasteiger partial charge in [0, 0.05) is 55.2 Å². The Morgan fingerprint density at radius 3 is 1.40 bits per heavy atom. The maximum absolute atomic E-state index is 17.1. The summed E-state index contributed by atoms with van der Waals surface area (Å²) in [6.45, 7) is 21.0. The van der Waals surface area contributed by atoms with Crippen LogP contribution in [0.15, 0.2) is 118 Å². The Bertz CT molecular complexity index is 3780. The summed E-state index contributed by atoms with van der Waals surface area (Å²) in [5.41, 5.74) is -0.0702. The summed E-state index contributed by atoms with van der Waals surface area (Å²) >= 11 is 0. The molecule has 7 nitrogen and oxygen atoms in total. The van der Waals surface area contributed by atoms with E-state index in [0.717, 1.165) is 32.7 Å². The molecular formula is C54H36F4N4O3. The van der Waals surface area contributed by atoms with E-state index >= 15 is 17.6 Å². The molecule has 0 N–H and O–H groups in total. The summed E-state index contributed by atoms with van der Waals surface area (Å²) in [6.07, 6.45) is -9.28. The van der Waals surface area contributed by atoms with E-state index in [1.54, 1.807) is 24.3 Å². The Morgan fingerprint density at radius 2 is 0.954 bits per heavy atom. The summed E-state index contributed by atoms with van der Waals surface area (Å²) in [7, 11) is 0. The van der Waals surface area contributed by atoms with Crippen molar-refractivity contribution in [3.63, 3.8) is 0 Å². The van der Waals surface area contributed by atoms with Crippen LogP contribution in [0.3, 0.4) is 0 Å². The lowest BCUT2D eigenvalue weighted by atomic mass is 9.86. The maximum Gasteiger partial charge on any atom is 0.390 e. The standard InChI is InChI=1S/C54H36F4N4O3/c1-51(2,3)27-16-18-38-31(20-27)33-22-35-29-12-8-10-14-42(29)63-44(35)24-40(33)61(38)49-37(26-59)48(60-7)50(47-46(49)53(55,56)65-54(47,57)58)62-39-19-17-28(52(4,5)6)21-32(39)34-23-36-30-13-9-11-15-43(30)64-45(36)25-41(34)62/h8-25H,1-6H3. The second-order valence-electron chi connectivity index (χ2n) is 19.1. The van der Waals surface area contributed by atoms with E-state index in [4.69, 9.17) is 15.4 Å². The topological polar surface area (TPSA) is 73.5 Å². The summed E-state index contributed by atoms with van der Waals surface area (Å²) in [6, 6.07) is 35.4. The predicted octanol–water partition coefficient (Wildman–Crippen LogP) is 15.8. The zero-order chi connectivity index (χ0) is 45.3. The van der Waals surface area contributed by atoms with Crippen LogP contribution in [-0.2, 0) is 27.8 Å². The lowest BCUT2D eigenvalue weighted by molar-refractivity contribution is -0.369. The number of nitrogens with zero attached hydrogens (tertiary/aromatic N) is 4. The zero-order valence-corrected chi connectivity index (χ0v) is 35.9. The second kappa shape index (κ2) is 12.6. The molecule has 0 saturated carbocycles. The highest BCUT2D eigenvalue weighted by Gasteiger charge is 2.62. The van der Waals surface area contributed by atoms with Crippen molar-refractivity contribution < 1.29 is 31.1 Å². The van der Waals surface area contributed by atoms with Crippen LogP contribution in [0, 0.1) is 17.9 Å². The summed E-state index contributed by atoms with van der Waals surface area (Å²) < 4.78 is 88.2. The molecule has 11 aromatic rings. The zero-order valence-electron chi connectivity index (χ0n) is 35.9. The van der Waals surface area contributed by atoms with Gasteiger partial charge in [0.2, 0.25) is 5.69 Å². The highest BCUT2D eigenvalue weighted by atomic mass is 19.3. The van der Waals surface area contributed by atoms with Crippen molar-refractivity contribution in [1.82, 2.24) is 9.13 Å². The van der Waals surface area contributed by atoms with Crippen molar-refractivity contribution in [2.24, 2.45) is 0 Å². The van der Waals surface area contributed by atoms with Crippen LogP contribution in [0.2, 0.25) is 0 Å². The molecule has 0 fully saturated rings. The monoisotopic (exact) mass is 864 g/mol. The quantitative estimate of drug-likeness (QED) is 0.128. The van der Waals surface area contributed by atoms with E-state index in [1.807, 2.05) is 106 Å². The third kappa shape index (κ3) is 5.24. The maximum atomic E-state index is 17.1. The van der Waals surface area contributed by atoms with Gasteiger partial charge in [0.15, 0.2) is 0 Å². The van der Waals surface area contributed by atoms with Crippen molar-refractivity contribution in [3.8, 4) is 17.4 Å². The van der Waals surface area contributed by atoms with Gasteiger partial charge in [0.25, 0.3) is 0 Å². The van der Waals surface area contributed by atoms with Gasteiger partial charge in [0.05, 0.1) is 62.8 Å². The number of aromatic nitrogens is 2. The van der Waals surface area contributed by atoms with E-state index in [-0.39, 0.29) is 10.8 Å². The Morgan fingerprint density at radius 1 is 0.523 bits per heavy atom. The molecule has 0 spiro atoms. The number of rotatable bonds is 2. The lowest BCUT2D eigenvalue weighted by Crippen LogP contribution is -2.19. The van der Waals surface area contributed by atoms with Gasteiger partial charge in [-0.3, -0.25) is 0 Å². The first-order chi connectivity index (χ1) is 30.9. The van der Waals surface area contributed by atoms with E-state index in [9.17, 15) is 5.26 Å². The van der Waals surface area contributed by atoms with Gasteiger partial charge in [-0.15, -0.1) is 0 Å². The van der Waals surface area contributed by atoms with Crippen LogP contribution >= 0.6 is 0 Å². The first kappa shape index (κ1) is 39.0. The minimum Gasteiger partial charge on any atom is -0.456 e. The highest BCUT2D eigenvalue weighted by molar-refractivity contribution is 6.19. The number of para-hydroxylation sites is 2. The van der Waals surface area contributed by atoms with Crippen LogP contribution in [0.5, 0.6) is 0 Å². The van der Waals surface area contributed by atoms with Crippen LogP contribution in [-0.4, -0.2) is 9.13 Å². The second-order valence-corrected chi connectivity index (χ2v) is 19.1. The number of halogens is 4. The largest absolute Gasteiger partial charge is 0.456 e. The fourth-order valence-corrected chi connectivity index (χ4v) is 10.1. The third-order valence-electron chi connectivity index (χ3n) is 13.2. The Kier molecular flexibility index (Phi) is 7.54. The summed E-state index contributed by atoms with van der Waals surface area (Å²) in [4.78, 5) is 3.83. The van der Waals surface area contributed by atoms with Crippen molar-refractivity contribution in [2.45, 2.75) is 64.6 Å². The summed E-state index contributed by atoms with van der Waals surface area (Å²) in [5.74, 6) is 0. The third-order valence-corrected chi connectivity index (χ3v) is 13.2. The van der Waals surface area contributed by atoms with Crippen LogP contribution in [0.4, 0.5) is 23.2 Å². The van der Waals surface area contributed by atoms with Gasteiger partial charge in [-0.25, -0.2) is 9.58 Å². The number of hydrogen-bond donors (Lipinski definition) is 0. The first-order valence-electron chi connectivity index (χ1n) is 21.2. The molecule has 65 heavy (non-hydrogen) atoms. The Labute approximate surface area is 368 Å². The lowest BCUT2D eigenvalue weighted by Gasteiger charge is -2.23. The highest BCUT2D eigenvalue weighted by Crippen LogP contribution is 2.60. The molecule has 11 heteroatoms. The van der Waals surface area contributed by atoms with Crippen molar-refractivity contribution in [3.05, 3.63) is 148 Å². The molecule has 0 amide bonds. The number of nitriles is 1. The van der Waals surface area contributed by atoms with Gasteiger partial charge < -0.3 is 18.0 Å². The molecule has 7 aromatic carbocycles. The minimum atomic E-state index is -4.64. The number of furan rings is 2. The molecule has 0 aliphatic carbocycles. The van der Waals surface area contributed by atoms with E-state index in [1.165, 1.54) is 9.13 Å². The SMILES string of the molecule is [C-]#[N+]c1c(C#N)c(-n2c3ccc(C(C)(C)C)cc3c3cc4c(cc32)oc2ccccc24)c2c(c1-n1c3ccc(C(C)(C)C)cc3c3cc4c(cc31)oc1ccccc14)C(F)(F)OC2(F)F. The first-order valence-corrected chi connectivity index (χ1v) is 21.2. The Hall–Kier alpha value is -7.60. The molecular weight excluding hydrogens is 829 g/mol. The number of alkyl halides is 4. The number of benzene rings is 7. The molecule has 318 valence electrons. The molecule has 0 saturated heterocycles. The normalized spacial score (nSPS) is 15.1. The molecule has 12 rings (SSSR count). The molecule has 5 heterocycles. The van der Waals surface area contributed by atoms with Gasteiger partial charge in [-0.1, -0.05) is 90.1 Å². The van der Waals surface area contributed by atoms with E-state index in [2.05, 4.69) is 36.4 Å². The Balaban J connectivity index is 1.28. The average Bonchev–Trinajstić information content (AvgIpc) is 4.02. The molecule has 0 unspecified atom stereocenters. The minimum absolute atomic E-state index is 0.310. The number of hydrogen-bond acceptors (Lipinski definition) is 4. The van der Waals surface area contributed by atoms with Gasteiger partial charge >= 0.3 is 12.2 Å². The van der Waals surface area contributed by atoms with Crippen molar-refractivity contribution in [1.29, 1.82) is 5.26 Å². The van der Waals surface area contributed by atoms with E-state index < -0.39 is 46.0 Å². The molecule has 1 aliphatic rings. The fraction of sp³-hybridized carbons (Fsp3) is 0.185. The average molecular weight is 865 g/mol. The molecule has 0 bridgehead atoms. The van der Waals surface area contributed by atoms with Gasteiger partial charge in [-0.2, -0.15) is 22.8 Å². The van der Waals surface area contributed by atoms with E-state index in [0.29, 0.717) is 65.9 Å².